The average molecular weight is 392 g/mol. The van der Waals surface area contributed by atoms with E-state index in [0.717, 1.165) is 4.47 Å². The number of carboxylic acids is 1. The van der Waals surface area contributed by atoms with Crippen LogP contribution < -0.4 is 5.32 Å². The van der Waals surface area contributed by atoms with Gasteiger partial charge in [-0.3, -0.25) is 9.59 Å². The van der Waals surface area contributed by atoms with Crippen molar-refractivity contribution in [2.45, 2.75) is 25.6 Å². The number of aliphatic carboxylic acids is 1. The summed E-state index contributed by atoms with van der Waals surface area (Å²) in [5.41, 5.74) is 0.578. The molecule has 0 aromatic heterocycles. The van der Waals surface area contributed by atoms with Crippen molar-refractivity contribution in [2.24, 2.45) is 5.92 Å². The maximum absolute atomic E-state index is 12.0. The van der Waals surface area contributed by atoms with E-state index in [9.17, 15) is 18.0 Å². The first-order valence-corrected chi connectivity index (χ1v) is 9.19. The molecule has 2 atom stereocenters. The number of amides is 1. The minimum Gasteiger partial charge on any atom is -0.481 e. The summed E-state index contributed by atoms with van der Waals surface area (Å²) in [4.78, 5) is 22.6. The average Bonchev–Trinajstić information content (AvgIpc) is 2.35. The highest BCUT2D eigenvalue weighted by atomic mass is 79.9. The summed E-state index contributed by atoms with van der Waals surface area (Å²) in [5, 5.41) is 11.3. The van der Waals surface area contributed by atoms with Crippen molar-refractivity contribution in [3.05, 3.63) is 34.3 Å². The summed E-state index contributed by atoms with van der Waals surface area (Å²) >= 11 is 3.25. The Balaban J connectivity index is 2.64. The van der Waals surface area contributed by atoms with E-state index in [4.69, 9.17) is 5.11 Å². The van der Waals surface area contributed by atoms with E-state index >= 15 is 0 Å². The van der Waals surface area contributed by atoms with Gasteiger partial charge >= 0.3 is 5.97 Å². The Hall–Kier alpha value is -1.41. The predicted molar refractivity (Wildman–Crippen MR) is 86.0 cm³/mol. The normalized spacial score (nSPS) is 14.1. The monoisotopic (exact) mass is 391 g/mol. The molecule has 1 rings (SSSR count). The molecule has 0 spiro atoms. The van der Waals surface area contributed by atoms with Crippen LogP contribution in [0.4, 0.5) is 0 Å². The number of rotatable bonds is 7. The highest BCUT2D eigenvalue weighted by molar-refractivity contribution is 9.10. The lowest BCUT2D eigenvalue weighted by Gasteiger charge is -2.17. The lowest BCUT2D eigenvalue weighted by atomic mass is 10.0. The first-order chi connectivity index (χ1) is 10.1. The standard InChI is InChI=1S/C14H18BrNO5S/c1-9(14(18)19)10(2)16-13(17)8-22(20,21)7-11-4-3-5-12(15)6-11/h3-6,9-10H,7-8H2,1-2H3,(H,16,17)(H,18,19). The van der Waals surface area contributed by atoms with Gasteiger partial charge in [-0.25, -0.2) is 8.42 Å². The van der Waals surface area contributed by atoms with Crippen molar-refractivity contribution in [1.82, 2.24) is 5.32 Å². The van der Waals surface area contributed by atoms with Gasteiger partial charge < -0.3 is 10.4 Å². The second-order valence-corrected chi connectivity index (χ2v) is 8.13. The van der Waals surface area contributed by atoms with Crippen LogP contribution in [0.15, 0.2) is 28.7 Å². The third-order valence-corrected chi connectivity index (χ3v) is 5.12. The Kier molecular flexibility index (Phi) is 6.55. The molecule has 8 heteroatoms. The second-order valence-electron chi connectivity index (χ2n) is 5.15. The molecule has 0 aliphatic rings. The van der Waals surface area contributed by atoms with Gasteiger partial charge in [0.25, 0.3) is 0 Å². The molecule has 1 amide bonds. The van der Waals surface area contributed by atoms with Crippen LogP contribution in [-0.2, 0) is 25.2 Å². The lowest BCUT2D eigenvalue weighted by Crippen LogP contribution is -2.42. The number of benzene rings is 1. The minimum absolute atomic E-state index is 0.247. The van der Waals surface area contributed by atoms with Crippen LogP contribution in [0.1, 0.15) is 19.4 Å². The molecular weight excluding hydrogens is 374 g/mol. The number of sulfone groups is 1. The zero-order valence-electron chi connectivity index (χ0n) is 12.2. The van der Waals surface area contributed by atoms with Gasteiger partial charge in [-0.15, -0.1) is 0 Å². The first-order valence-electron chi connectivity index (χ1n) is 6.58. The van der Waals surface area contributed by atoms with Gasteiger partial charge in [0.2, 0.25) is 5.91 Å². The predicted octanol–water partition coefficient (Wildman–Crippen LogP) is 1.59. The van der Waals surface area contributed by atoms with Crippen molar-refractivity contribution < 1.29 is 23.1 Å². The molecule has 122 valence electrons. The summed E-state index contributed by atoms with van der Waals surface area (Å²) in [6.45, 7) is 2.97. The van der Waals surface area contributed by atoms with Gasteiger partial charge in [0, 0.05) is 10.5 Å². The molecule has 1 aromatic carbocycles. The summed E-state index contributed by atoms with van der Waals surface area (Å²) in [7, 11) is -3.62. The van der Waals surface area contributed by atoms with Crippen molar-refractivity contribution in [3.8, 4) is 0 Å². The maximum atomic E-state index is 12.0. The highest BCUT2D eigenvalue weighted by Gasteiger charge is 2.24. The highest BCUT2D eigenvalue weighted by Crippen LogP contribution is 2.14. The third kappa shape index (κ3) is 6.15. The zero-order chi connectivity index (χ0) is 16.9. The Bertz CT molecular complexity index is 659. The molecule has 0 aliphatic carbocycles. The second kappa shape index (κ2) is 7.73. The molecule has 22 heavy (non-hydrogen) atoms. The molecule has 0 aliphatic heterocycles. The molecule has 0 saturated carbocycles. The number of halogens is 1. The van der Waals surface area contributed by atoms with Crippen LogP contribution in [0.25, 0.3) is 0 Å². The number of hydrogen-bond acceptors (Lipinski definition) is 4. The van der Waals surface area contributed by atoms with Crippen LogP contribution in [0.3, 0.4) is 0 Å². The van der Waals surface area contributed by atoms with Crippen LogP contribution in [0.5, 0.6) is 0 Å². The fraction of sp³-hybridized carbons (Fsp3) is 0.429. The summed E-state index contributed by atoms with van der Waals surface area (Å²) in [6, 6.07) is 6.18. The Morgan fingerprint density at radius 2 is 1.95 bits per heavy atom. The molecule has 0 bridgehead atoms. The van der Waals surface area contributed by atoms with Crippen LogP contribution in [0, 0.1) is 5.92 Å². The van der Waals surface area contributed by atoms with Crippen molar-refractivity contribution in [2.75, 3.05) is 5.75 Å². The number of carbonyl (C=O) groups excluding carboxylic acids is 1. The molecule has 6 nitrogen and oxygen atoms in total. The fourth-order valence-electron chi connectivity index (χ4n) is 1.77. The number of nitrogens with one attached hydrogen (secondary N) is 1. The molecule has 2 N–H and O–H groups in total. The molecule has 0 fully saturated rings. The summed E-state index contributed by atoms with van der Waals surface area (Å²) in [5.74, 6) is -3.46. The van der Waals surface area contributed by atoms with E-state index in [1.165, 1.54) is 13.8 Å². The van der Waals surface area contributed by atoms with Crippen LogP contribution in [0.2, 0.25) is 0 Å². The lowest BCUT2D eigenvalue weighted by molar-refractivity contribution is -0.142. The van der Waals surface area contributed by atoms with Crippen molar-refractivity contribution in [1.29, 1.82) is 0 Å². The first kappa shape index (κ1) is 18.6. The van der Waals surface area contributed by atoms with Crippen LogP contribution in [-0.4, -0.2) is 37.2 Å². The third-order valence-electron chi connectivity index (χ3n) is 3.15. The molecule has 2 unspecified atom stereocenters. The van der Waals surface area contributed by atoms with E-state index in [-0.39, 0.29) is 5.75 Å². The van der Waals surface area contributed by atoms with Crippen molar-refractivity contribution in [3.63, 3.8) is 0 Å². The topological polar surface area (TPSA) is 101 Å². The van der Waals surface area contributed by atoms with E-state index in [1.807, 2.05) is 0 Å². The summed E-state index contributed by atoms with van der Waals surface area (Å²) < 4.78 is 24.8. The van der Waals surface area contributed by atoms with E-state index in [2.05, 4.69) is 21.2 Å². The smallest absolute Gasteiger partial charge is 0.308 e. The van der Waals surface area contributed by atoms with E-state index < -0.39 is 39.4 Å². The fourth-order valence-corrected chi connectivity index (χ4v) is 3.48. The molecule has 0 radical (unpaired) electrons. The van der Waals surface area contributed by atoms with Crippen LogP contribution >= 0.6 is 15.9 Å². The van der Waals surface area contributed by atoms with E-state index in [1.54, 1.807) is 24.3 Å². The number of carboxylic acid groups (broad SMARTS) is 1. The van der Waals surface area contributed by atoms with Gasteiger partial charge in [-0.05, 0) is 31.5 Å². The number of carbonyl (C=O) groups is 2. The molecule has 0 saturated heterocycles. The van der Waals surface area contributed by atoms with Gasteiger partial charge in [-0.1, -0.05) is 28.1 Å². The van der Waals surface area contributed by atoms with Gasteiger partial charge in [0.1, 0.15) is 5.75 Å². The van der Waals surface area contributed by atoms with Crippen molar-refractivity contribution >= 4 is 37.6 Å². The van der Waals surface area contributed by atoms with Gasteiger partial charge in [0.15, 0.2) is 9.84 Å². The number of hydrogen-bond donors (Lipinski definition) is 2. The Morgan fingerprint density at radius 1 is 1.32 bits per heavy atom. The Labute approximate surface area is 138 Å². The SMILES string of the molecule is CC(NC(=O)CS(=O)(=O)Cc1cccc(Br)c1)C(C)C(=O)O. The van der Waals surface area contributed by atoms with E-state index in [0.29, 0.717) is 5.56 Å². The maximum Gasteiger partial charge on any atom is 0.308 e. The summed E-state index contributed by atoms with van der Waals surface area (Å²) in [6.07, 6.45) is 0. The molecule has 1 aromatic rings. The molecular formula is C14H18BrNO5S. The molecule has 0 heterocycles. The minimum atomic E-state index is -3.62. The van der Waals surface area contributed by atoms with Gasteiger partial charge in [0.05, 0.1) is 11.7 Å². The Morgan fingerprint density at radius 3 is 2.50 bits per heavy atom. The quantitative estimate of drug-likeness (QED) is 0.734. The van der Waals surface area contributed by atoms with Gasteiger partial charge in [-0.2, -0.15) is 0 Å². The largest absolute Gasteiger partial charge is 0.481 e. The zero-order valence-corrected chi connectivity index (χ0v) is 14.6.